The van der Waals surface area contributed by atoms with Gasteiger partial charge in [-0.15, -0.1) is 5.10 Å². The van der Waals surface area contributed by atoms with Crippen LogP contribution in [0.5, 0.6) is 0 Å². The van der Waals surface area contributed by atoms with Crippen LogP contribution in [-0.4, -0.2) is 27.6 Å². The van der Waals surface area contributed by atoms with E-state index in [1.54, 1.807) is 19.2 Å². The molecule has 0 aliphatic rings. The number of hydrogen-bond acceptors (Lipinski definition) is 5. The summed E-state index contributed by atoms with van der Waals surface area (Å²) < 4.78 is 6.64. The first-order valence-corrected chi connectivity index (χ1v) is 8.86. The quantitative estimate of drug-likeness (QED) is 0.508. The molecule has 2 aromatic heterocycles. The van der Waals surface area contributed by atoms with Crippen LogP contribution >= 0.6 is 0 Å². The molecule has 3 aromatic rings. The topological polar surface area (TPSA) is 94.5 Å². The predicted molar refractivity (Wildman–Crippen MR) is 109 cm³/mol. The smallest absolute Gasteiger partial charge is 0.251 e. The fourth-order valence-corrected chi connectivity index (χ4v) is 2.57. The molecule has 0 bridgehead atoms. The molecule has 7 nitrogen and oxygen atoms in total. The lowest BCUT2D eigenvalue weighted by molar-refractivity contribution is 0.0951. The standard InChI is InChI=1S/C21H23N5O2/c1-14(9-10-15(2)28-3)20-24-19-12-17(11-18(22)26(19)25-20)21(27)23-13-16-7-5-4-6-8-16/h4-12H,13,22H2,1-3H3,(H,23,27)/b14-9+,15-10+. The Balaban J connectivity index is 1.83. The lowest BCUT2D eigenvalue weighted by Crippen LogP contribution is -2.23. The number of aromatic nitrogens is 3. The van der Waals surface area contributed by atoms with Crippen LogP contribution in [0.4, 0.5) is 5.82 Å². The van der Waals surface area contributed by atoms with Crippen LogP contribution < -0.4 is 11.1 Å². The van der Waals surface area contributed by atoms with Gasteiger partial charge in [-0.1, -0.05) is 36.4 Å². The van der Waals surface area contributed by atoms with Gasteiger partial charge in [-0.25, -0.2) is 4.98 Å². The second-order valence-electron chi connectivity index (χ2n) is 6.37. The number of nitrogens with one attached hydrogen (secondary N) is 1. The number of fused-ring (bicyclic) bond motifs is 1. The molecule has 0 unspecified atom stereocenters. The maximum Gasteiger partial charge on any atom is 0.251 e. The van der Waals surface area contributed by atoms with Crippen LogP contribution in [0.1, 0.15) is 35.6 Å². The molecule has 1 aromatic carbocycles. The highest BCUT2D eigenvalue weighted by Gasteiger charge is 2.13. The lowest BCUT2D eigenvalue weighted by Gasteiger charge is -2.06. The van der Waals surface area contributed by atoms with Crippen LogP contribution in [0, 0.1) is 0 Å². The average Bonchev–Trinajstić information content (AvgIpc) is 3.15. The van der Waals surface area contributed by atoms with Gasteiger partial charge >= 0.3 is 0 Å². The number of ether oxygens (including phenoxy) is 1. The van der Waals surface area contributed by atoms with Gasteiger partial charge in [0.15, 0.2) is 11.5 Å². The van der Waals surface area contributed by atoms with Crippen LogP contribution in [0.15, 0.2) is 60.4 Å². The summed E-state index contributed by atoms with van der Waals surface area (Å²) in [5.74, 6) is 1.44. The molecule has 3 rings (SSSR count). The number of carbonyl (C=O) groups is 1. The van der Waals surface area contributed by atoms with Crippen molar-refractivity contribution in [1.82, 2.24) is 19.9 Å². The SMILES string of the molecule is CO/C(C)=C/C=C(\C)c1nc2cc(C(=O)NCc3ccccc3)cc(N)n2n1. The van der Waals surface area contributed by atoms with E-state index in [-0.39, 0.29) is 5.91 Å². The maximum atomic E-state index is 12.5. The molecule has 0 saturated heterocycles. The van der Waals surface area contributed by atoms with E-state index < -0.39 is 0 Å². The first-order valence-electron chi connectivity index (χ1n) is 8.86. The highest BCUT2D eigenvalue weighted by molar-refractivity contribution is 5.95. The van der Waals surface area contributed by atoms with Crippen molar-refractivity contribution < 1.29 is 9.53 Å². The Labute approximate surface area is 163 Å². The number of anilines is 1. The zero-order chi connectivity index (χ0) is 20.1. The Morgan fingerprint density at radius 1 is 1.21 bits per heavy atom. The molecule has 0 radical (unpaired) electrons. The monoisotopic (exact) mass is 377 g/mol. The minimum Gasteiger partial charge on any atom is -0.501 e. The molecule has 144 valence electrons. The molecule has 0 atom stereocenters. The van der Waals surface area contributed by atoms with E-state index in [1.807, 2.05) is 56.3 Å². The van der Waals surface area contributed by atoms with Crippen molar-refractivity contribution in [2.24, 2.45) is 0 Å². The number of carbonyl (C=O) groups excluding carboxylic acids is 1. The van der Waals surface area contributed by atoms with Gasteiger partial charge < -0.3 is 15.8 Å². The number of rotatable bonds is 6. The summed E-state index contributed by atoms with van der Waals surface area (Å²) in [4.78, 5) is 17.0. The van der Waals surface area contributed by atoms with E-state index in [2.05, 4.69) is 15.4 Å². The summed E-state index contributed by atoms with van der Waals surface area (Å²) >= 11 is 0. The zero-order valence-electron chi connectivity index (χ0n) is 16.1. The lowest BCUT2D eigenvalue weighted by atomic mass is 10.2. The van der Waals surface area contributed by atoms with E-state index in [9.17, 15) is 4.79 Å². The fraction of sp³-hybridized carbons (Fsp3) is 0.190. The highest BCUT2D eigenvalue weighted by Crippen LogP contribution is 2.17. The largest absolute Gasteiger partial charge is 0.501 e. The number of allylic oxidation sites excluding steroid dienone is 4. The molecule has 0 aliphatic carbocycles. The number of hydrogen-bond donors (Lipinski definition) is 2. The Kier molecular flexibility index (Phi) is 5.74. The Morgan fingerprint density at radius 3 is 2.68 bits per heavy atom. The van der Waals surface area contributed by atoms with Gasteiger partial charge in [0.2, 0.25) is 0 Å². The first kappa shape index (κ1) is 19.2. The van der Waals surface area contributed by atoms with Crippen molar-refractivity contribution in [2.75, 3.05) is 12.8 Å². The van der Waals surface area contributed by atoms with Crippen molar-refractivity contribution in [3.05, 3.63) is 77.3 Å². The van der Waals surface area contributed by atoms with Gasteiger partial charge in [0.25, 0.3) is 5.91 Å². The number of nitrogens with two attached hydrogens (primary N) is 1. The van der Waals surface area contributed by atoms with E-state index in [0.29, 0.717) is 29.4 Å². The highest BCUT2D eigenvalue weighted by atomic mass is 16.5. The minimum atomic E-state index is -0.214. The van der Waals surface area contributed by atoms with Gasteiger partial charge in [-0.05, 0) is 43.2 Å². The second-order valence-corrected chi connectivity index (χ2v) is 6.37. The molecular weight excluding hydrogens is 354 g/mol. The summed E-state index contributed by atoms with van der Waals surface area (Å²) in [6.07, 6.45) is 3.71. The molecule has 0 fully saturated rings. The van der Waals surface area contributed by atoms with Crippen molar-refractivity contribution in [2.45, 2.75) is 20.4 Å². The van der Waals surface area contributed by atoms with Crippen LogP contribution in [0.25, 0.3) is 11.2 Å². The number of benzene rings is 1. The Bertz CT molecular complexity index is 1050. The number of methoxy groups -OCH3 is 1. The molecule has 0 aliphatic heterocycles. The number of nitrogen functional groups attached to an aromatic ring is 1. The van der Waals surface area contributed by atoms with Crippen molar-refractivity contribution in [3.8, 4) is 0 Å². The number of pyridine rings is 1. The molecule has 28 heavy (non-hydrogen) atoms. The van der Waals surface area contributed by atoms with Gasteiger partial charge in [0, 0.05) is 12.1 Å². The van der Waals surface area contributed by atoms with E-state index in [4.69, 9.17) is 10.5 Å². The summed E-state index contributed by atoms with van der Waals surface area (Å²) in [5.41, 5.74) is 8.92. The number of nitrogens with zero attached hydrogens (tertiary/aromatic N) is 3. The summed E-state index contributed by atoms with van der Waals surface area (Å²) in [5, 5.41) is 7.31. The van der Waals surface area contributed by atoms with E-state index in [1.165, 1.54) is 4.52 Å². The van der Waals surface area contributed by atoms with Crippen molar-refractivity contribution in [3.63, 3.8) is 0 Å². The first-order chi connectivity index (χ1) is 13.5. The third-order valence-corrected chi connectivity index (χ3v) is 4.27. The fourth-order valence-electron chi connectivity index (χ4n) is 2.57. The summed E-state index contributed by atoms with van der Waals surface area (Å²) in [6, 6.07) is 13.0. The predicted octanol–water partition coefficient (Wildman–Crippen LogP) is 3.20. The van der Waals surface area contributed by atoms with Gasteiger partial charge in [-0.2, -0.15) is 4.52 Å². The molecule has 2 heterocycles. The Hall–Kier alpha value is -3.61. The molecule has 0 spiro atoms. The normalized spacial score (nSPS) is 12.2. The third kappa shape index (κ3) is 4.37. The maximum absolute atomic E-state index is 12.5. The molecule has 0 saturated carbocycles. The summed E-state index contributed by atoms with van der Waals surface area (Å²) in [7, 11) is 1.61. The van der Waals surface area contributed by atoms with Crippen LogP contribution in [-0.2, 0) is 11.3 Å². The van der Waals surface area contributed by atoms with E-state index in [0.717, 1.165) is 16.9 Å². The van der Waals surface area contributed by atoms with Crippen molar-refractivity contribution >= 4 is 22.9 Å². The van der Waals surface area contributed by atoms with Gasteiger partial charge in [0.05, 0.1) is 12.9 Å². The van der Waals surface area contributed by atoms with Gasteiger partial charge in [0.1, 0.15) is 5.82 Å². The number of amides is 1. The zero-order valence-corrected chi connectivity index (χ0v) is 16.1. The van der Waals surface area contributed by atoms with Crippen molar-refractivity contribution in [1.29, 1.82) is 0 Å². The Morgan fingerprint density at radius 2 is 1.96 bits per heavy atom. The van der Waals surface area contributed by atoms with Crippen LogP contribution in [0.2, 0.25) is 0 Å². The molecule has 7 heteroatoms. The van der Waals surface area contributed by atoms with Gasteiger partial charge in [-0.3, -0.25) is 4.79 Å². The third-order valence-electron chi connectivity index (χ3n) is 4.27. The molecular formula is C21H23N5O2. The molecule has 1 amide bonds. The average molecular weight is 377 g/mol. The second kappa shape index (κ2) is 8.39. The molecule has 3 N–H and O–H groups in total. The summed E-state index contributed by atoms with van der Waals surface area (Å²) in [6.45, 7) is 4.20. The van der Waals surface area contributed by atoms with E-state index >= 15 is 0 Å². The minimum absolute atomic E-state index is 0.214. The van der Waals surface area contributed by atoms with Crippen LogP contribution in [0.3, 0.4) is 0 Å².